The maximum Gasteiger partial charge on any atom is 0.224 e. The first kappa shape index (κ1) is 13.9. The molecule has 0 spiro atoms. The standard InChI is InChI=1S/C13H16Cl2N4O/c1-7(20)19-5-8-2-10(3-9(8)6-19)17-12-11(14)4-16-13(15)18-12/h4,8-10H,2-3,5-6H2,1H3,(H,16,17,18). The van der Waals surface area contributed by atoms with Crippen molar-refractivity contribution in [1.29, 1.82) is 0 Å². The lowest BCUT2D eigenvalue weighted by Crippen LogP contribution is -2.29. The molecule has 3 rings (SSSR count). The Kier molecular flexibility index (Phi) is 3.73. The number of nitrogens with one attached hydrogen (secondary N) is 1. The van der Waals surface area contributed by atoms with Gasteiger partial charge in [-0.15, -0.1) is 0 Å². The quantitative estimate of drug-likeness (QED) is 0.852. The molecule has 5 nitrogen and oxygen atoms in total. The lowest BCUT2D eigenvalue weighted by atomic mass is 10.0. The number of amides is 1. The second kappa shape index (κ2) is 5.37. The molecule has 1 saturated carbocycles. The molecule has 2 atom stereocenters. The van der Waals surface area contributed by atoms with Crippen LogP contribution in [0.3, 0.4) is 0 Å². The van der Waals surface area contributed by atoms with Gasteiger partial charge in [0, 0.05) is 26.1 Å². The van der Waals surface area contributed by atoms with Gasteiger partial charge in [-0.2, -0.15) is 4.98 Å². The molecule has 0 radical (unpaired) electrons. The molecule has 1 aliphatic heterocycles. The minimum atomic E-state index is 0.175. The zero-order chi connectivity index (χ0) is 14.3. The largest absolute Gasteiger partial charge is 0.366 e. The molecule has 2 unspecified atom stereocenters. The molecule has 2 fully saturated rings. The molecule has 1 saturated heterocycles. The van der Waals surface area contributed by atoms with E-state index in [1.54, 1.807) is 6.92 Å². The topological polar surface area (TPSA) is 58.1 Å². The van der Waals surface area contributed by atoms with Gasteiger partial charge in [-0.25, -0.2) is 4.98 Å². The van der Waals surface area contributed by atoms with Crippen LogP contribution in [0.1, 0.15) is 19.8 Å². The predicted molar refractivity (Wildman–Crippen MR) is 77.9 cm³/mol. The zero-order valence-corrected chi connectivity index (χ0v) is 12.7. The Morgan fingerprint density at radius 2 is 2.00 bits per heavy atom. The van der Waals surface area contributed by atoms with Gasteiger partial charge in [0.2, 0.25) is 11.2 Å². The Morgan fingerprint density at radius 3 is 2.60 bits per heavy atom. The molecule has 1 amide bonds. The van der Waals surface area contributed by atoms with E-state index in [1.165, 1.54) is 6.20 Å². The first-order valence-electron chi connectivity index (χ1n) is 6.73. The molecular weight excluding hydrogens is 299 g/mol. The summed E-state index contributed by atoms with van der Waals surface area (Å²) < 4.78 is 0. The van der Waals surface area contributed by atoms with Gasteiger partial charge < -0.3 is 10.2 Å². The highest BCUT2D eigenvalue weighted by atomic mass is 35.5. The van der Waals surface area contributed by atoms with E-state index in [-0.39, 0.29) is 11.2 Å². The third-order valence-corrected chi connectivity index (χ3v) is 4.71. The fourth-order valence-corrected chi connectivity index (χ4v) is 3.59. The average Bonchev–Trinajstić information content (AvgIpc) is 2.91. The summed E-state index contributed by atoms with van der Waals surface area (Å²) in [6, 6.07) is 0.336. The number of carbonyl (C=O) groups is 1. The molecule has 2 heterocycles. The van der Waals surface area contributed by atoms with Crippen molar-refractivity contribution in [2.24, 2.45) is 11.8 Å². The second-order valence-corrected chi connectivity index (χ2v) is 6.34. The molecule has 7 heteroatoms. The molecule has 1 aliphatic carbocycles. The first-order chi connectivity index (χ1) is 9.52. The summed E-state index contributed by atoms with van der Waals surface area (Å²) in [4.78, 5) is 21.3. The Hall–Kier alpha value is -1.07. The van der Waals surface area contributed by atoms with Crippen LogP contribution in [0.15, 0.2) is 6.20 Å². The van der Waals surface area contributed by atoms with Gasteiger partial charge in [0.1, 0.15) is 10.8 Å². The number of hydrogen-bond donors (Lipinski definition) is 1. The highest BCUT2D eigenvalue weighted by Gasteiger charge is 2.41. The van der Waals surface area contributed by atoms with Crippen LogP contribution < -0.4 is 5.32 Å². The molecule has 1 aromatic heterocycles. The van der Waals surface area contributed by atoms with Gasteiger partial charge in [-0.05, 0) is 36.3 Å². The first-order valence-corrected chi connectivity index (χ1v) is 7.48. The number of likely N-dealkylation sites (tertiary alicyclic amines) is 1. The number of halogens is 2. The average molecular weight is 315 g/mol. The van der Waals surface area contributed by atoms with E-state index in [4.69, 9.17) is 23.2 Å². The Labute approximate surface area is 127 Å². The highest BCUT2D eigenvalue weighted by Crippen LogP contribution is 2.39. The molecule has 1 N–H and O–H groups in total. The van der Waals surface area contributed by atoms with Crippen molar-refractivity contribution >= 4 is 34.9 Å². The van der Waals surface area contributed by atoms with E-state index in [0.717, 1.165) is 25.9 Å². The zero-order valence-electron chi connectivity index (χ0n) is 11.1. The third kappa shape index (κ3) is 2.69. The van der Waals surface area contributed by atoms with Crippen LogP contribution in [0.5, 0.6) is 0 Å². The van der Waals surface area contributed by atoms with Crippen molar-refractivity contribution < 1.29 is 4.79 Å². The van der Waals surface area contributed by atoms with Crippen LogP contribution in [0.25, 0.3) is 0 Å². The van der Waals surface area contributed by atoms with Gasteiger partial charge in [0.05, 0.1) is 6.20 Å². The lowest BCUT2D eigenvalue weighted by molar-refractivity contribution is -0.128. The van der Waals surface area contributed by atoms with Crippen molar-refractivity contribution in [3.05, 3.63) is 16.5 Å². The Morgan fingerprint density at radius 1 is 1.35 bits per heavy atom. The third-order valence-electron chi connectivity index (χ3n) is 4.25. The summed E-state index contributed by atoms with van der Waals surface area (Å²) in [6.45, 7) is 3.38. The second-order valence-electron chi connectivity index (χ2n) is 5.59. The number of fused-ring (bicyclic) bond motifs is 1. The summed E-state index contributed by atoms with van der Waals surface area (Å²) in [5.74, 6) is 1.93. The maximum atomic E-state index is 11.4. The number of aromatic nitrogens is 2. The van der Waals surface area contributed by atoms with E-state index in [0.29, 0.717) is 28.7 Å². The molecule has 0 bridgehead atoms. The monoisotopic (exact) mass is 314 g/mol. The van der Waals surface area contributed by atoms with Crippen LogP contribution in [-0.4, -0.2) is 39.9 Å². The van der Waals surface area contributed by atoms with Crippen molar-refractivity contribution in [2.75, 3.05) is 18.4 Å². The number of hydrogen-bond acceptors (Lipinski definition) is 4. The van der Waals surface area contributed by atoms with Crippen LogP contribution in [0.2, 0.25) is 10.3 Å². The Bertz CT molecular complexity index is 525. The van der Waals surface area contributed by atoms with E-state index in [9.17, 15) is 4.79 Å². The van der Waals surface area contributed by atoms with E-state index < -0.39 is 0 Å². The van der Waals surface area contributed by atoms with Gasteiger partial charge in [-0.3, -0.25) is 4.79 Å². The van der Waals surface area contributed by atoms with Crippen molar-refractivity contribution in [3.8, 4) is 0 Å². The van der Waals surface area contributed by atoms with Crippen LogP contribution in [0.4, 0.5) is 5.82 Å². The predicted octanol–water partition coefficient (Wildman–Crippen LogP) is 2.45. The summed E-state index contributed by atoms with van der Waals surface area (Å²) >= 11 is 11.8. The van der Waals surface area contributed by atoms with Gasteiger partial charge in [0.25, 0.3) is 0 Å². The molecule has 108 valence electrons. The molecule has 0 aromatic carbocycles. The fourth-order valence-electron chi connectivity index (χ4n) is 3.32. The minimum Gasteiger partial charge on any atom is -0.366 e. The Balaban J connectivity index is 1.63. The number of anilines is 1. The minimum absolute atomic E-state index is 0.175. The van der Waals surface area contributed by atoms with Gasteiger partial charge in [-0.1, -0.05) is 11.6 Å². The van der Waals surface area contributed by atoms with E-state index in [2.05, 4.69) is 15.3 Å². The highest BCUT2D eigenvalue weighted by molar-refractivity contribution is 6.33. The normalized spacial score (nSPS) is 28.6. The maximum absolute atomic E-state index is 11.4. The lowest BCUT2D eigenvalue weighted by Gasteiger charge is -2.19. The summed E-state index contributed by atoms with van der Waals surface area (Å²) in [5, 5.41) is 4.03. The van der Waals surface area contributed by atoms with Gasteiger partial charge in [0.15, 0.2) is 0 Å². The van der Waals surface area contributed by atoms with Crippen molar-refractivity contribution in [2.45, 2.75) is 25.8 Å². The number of carbonyl (C=O) groups excluding carboxylic acids is 1. The van der Waals surface area contributed by atoms with Gasteiger partial charge >= 0.3 is 0 Å². The van der Waals surface area contributed by atoms with Crippen LogP contribution >= 0.6 is 23.2 Å². The van der Waals surface area contributed by atoms with Crippen molar-refractivity contribution in [1.82, 2.24) is 14.9 Å². The van der Waals surface area contributed by atoms with Crippen LogP contribution in [0, 0.1) is 11.8 Å². The fraction of sp³-hybridized carbons (Fsp3) is 0.615. The number of nitrogens with zero attached hydrogens (tertiary/aromatic N) is 3. The van der Waals surface area contributed by atoms with Crippen LogP contribution in [-0.2, 0) is 4.79 Å². The van der Waals surface area contributed by atoms with Crippen molar-refractivity contribution in [3.63, 3.8) is 0 Å². The molecule has 20 heavy (non-hydrogen) atoms. The molecular formula is C13H16Cl2N4O. The smallest absolute Gasteiger partial charge is 0.224 e. The van der Waals surface area contributed by atoms with E-state index >= 15 is 0 Å². The molecule has 1 aromatic rings. The summed E-state index contributed by atoms with van der Waals surface area (Å²) in [6.07, 6.45) is 3.57. The van der Waals surface area contributed by atoms with E-state index in [1.807, 2.05) is 4.90 Å². The summed E-state index contributed by atoms with van der Waals surface area (Å²) in [5.41, 5.74) is 0. The summed E-state index contributed by atoms with van der Waals surface area (Å²) in [7, 11) is 0. The SMILES string of the molecule is CC(=O)N1CC2CC(Nc3nc(Cl)ncc3Cl)CC2C1. The number of rotatable bonds is 2. The molecule has 2 aliphatic rings.